The summed E-state index contributed by atoms with van der Waals surface area (Å²) in [5, 5.41) is 0.755. The number of fused-ring (bicyclic) bond motifs is 1. The molecule has 26 heavy (non-hydrogen) atoms. The van der Waals surface area contributed by atoms with Crippen molar-refractivity contribution in [3.8, 4) is 11.5 Å². The third kappa shape index (κ3) is 5.22. The van der Waals surface area contributed by atoms with Crippen LogP contribution in [0.25, 0.3) is 11.0 Å². The first-order valence-electron chi connectivity index (χ1n) is 8.62. The molecule has 0 amide bonds. The molecule has 0 aliphatic heterocycles. The van der Waals surface area contributed by atoms with E-state index in [1.165, 1.54) is 6.07 Å². The standard InChI is InChI=1S/C18H22O7S/c1-26(20,21)23-10-4-9-22-16-12-15-13(7-8-18(19)25-15)11-17(16)24-14-5-2-3-6-14/h7-8,11-12,14H,2-6,9-10H2,1H3. The highest BCUT2D eigenvalue weighted by atomic mass is 32.2. The van der Waals surface area contributed by atoms with Crippen molar-refractivity contribution in [3.05, 3.63) is 34.7 Å². The predicted molar refractivity (Wildman–Crippen MR) is 96.3 cm³/mol. The summed E-state index contributed by atoms with van der Waals surface area (Å²) in [5.74, 6) is 1.07. The van der Waals surface area contributed by atoms with Crippen LogP contribution < -0.4 is 15.1 Å². The number of hydrogen-bond acceptors (Lipinski definition) is 7. The smallest absolute Gasteiger partial charge is 0.336 e. The first-order valence-corrected chi connectivity index (χ1v) is 10.4. The summed E-state index contributed by atoms with van der Waals surface area (Å²) < 4.78 is 43.7. The molecular weight excluding hydrogens is 360 g/mol. The SMILES string of the molecule is CS(=O)(=O)OCCCOc1cc2oc(=O)ccc2cc1OC1CCCC1. The molecule has 2 aromatic rings. The van der Waals surface area contributed by atoms with E-state index in [0.717, 1.165) is 37.3 Å². The lowest BCUT2D eigenvalue weighted by atomic mass is 10.2. The Labute approximate surface area is 152 Å². The van der Waals surface area contributed by atoms with Crippen molar-refractivity contribution in [3.63, 3.8) is 0 Å². The molecule has 1 saturated carbocycles. The molecule has 0 unspecified atom stereocenters. The molecule has 1 aromatic carbocycles. The van der Waals surface area contributed by atoms with E-state index in [4.69, 9.17) is 18.1 Å². The molecule has 1 aliphatic rings. The highest BCUT2D eigenvalue weighted by molar-refractivity contribution is 7.85. The topological polar surface area (TPSA) is 92.0 Å². The van der Waals surface area contributed by atoms with Crippen molar-refractivity contribution in [2.45, 2.75) is 38.2 Å². The highest BCUT2D eigenvalue weighted by Crippen LogP contribution is 2.35. The quantitative estimate of drug-likeness (QED) is 0.394. The first kappa shape index (κ1) is 18.7. The van der Waals surface area contributed by atoms with Gasteiger partial charge in [-0.1, -0.05) is 0 Å². The van der Waals surface area contributed by atoms with Crippen LogP contribution in [-0.2, 0) is 14.3 Å². The van der Waals surface area contributed by atoms with E-state index in [0.29, 0.717) is 23.5 Å². The lowest BCUT2D eigenvalue weighted by Crippen LogP contribution is -2.13. The molecule has 7 nitrogen and oxygen atoms in total. The molecule has 0 bridgehead atoms. The van der Waals surface area contributed by atoms with E-state index in [-0.39, 0.29) is 19.3 Å². The molecule has 1 fully saturated rings. The van der Waals surface area contributed by atoms with Gasteiger partial charge < -0.3 is 13.9 Å². The fourth-order valence-corrected chi connectivity index (χ4v) is 3.34. The van der Waals surface area contributed by atoms with Crippen LogP contribution >= 0.6 is 0 Å². The monoisotopic (exact) mass is 382 g/mol. The summed E-state index contributed by atoms with van der Waals surface area (Å²) in [7, 11) is -3.46. The van der Waals surface area contributed by atoms with Crippen LogP contribution in [0.4, 0.5) is 0 Å². The molecule has 1 aliphatic carbocycles. The summed E-state index contributed by atoms with van der Waals surface area (Å²) in [6.07, 6.45) is 5.85. The summed E-state index contributed by atoms with van der Waals surface area (Å²) >= 11 is 0. The van der Waals surface area contributed by atoms with E-state index in [2.05, 4.69) is 0 Å². The number of hydrogen-bond donors (Lipinski definition) is 0. The zero-order chi connectivity index (χ0) is 18.6. The van der Waals surface area contributed by atoms with E-state index in [9.17, 15) is 13.2 Å². The Hall–Kier alpha value is -2.06. The zero-order valence-electron chi connectivity index (χ0n) is 14.6. The van der Waals surface area contributed by atoms with Gasteiger partial charge in [-0.15, -0.1) is 0 Å². The van der Waals surface area contributed by atoms with Crippen LogP contribution in [0.3, 0.4) is 0 Å². The van der Waals surface area contributed by atoms with Gasteiger partial charge in [0.2, 0.25) is 0 Å². The fourth-order valence-electron chi connectivity index (χ4n) is 2.92. The Morgan fingerprint density at radius 2 is 1.88 bits per heavy atom. The highest BCUT2D eigenvalue weighted by Gasteiger charge is 2.19. The number of ether oxygens (including phenoxy) is 2. The average molecular weight is 382 g/mol. The fraction of sp³-hybridized carbons (Fsp3) is 0.500. The molecule has 1 aromatic heterocycles. The summed E-state index contributed by atoms with van der Waals surface area (Å²) in [5.41, 5.74) is -0.0203. The van der Waals surface area contributed by atoms with Gasteiger partial charge in [0.25, 0.3) is 10.1 Å². The molecule has 1 heterocycles. The maximum absolute atomic E-state index is 11.4. The van der Waals surface area contributed by atoms with Crippen molar-refractivity contribution in [1.82, 2.24) is 0 Å². The minimum Gasteiger partial charge on any atom is -0.489 e. The largest absolute Gasteiger partial charge is 0.489 e. The Morgan fingerprint density at radius 1 is 1.12 bits per heavy atom. The molecule has 8 heteroatoms. The van der Waals surface area contributed by atoms with Crippen LogP contribution in [0.1, 0.15) is 32.1 Å². The second-order valence-electron chi connectivity index (χ2n) is 6.34. The molecule has 0 saturated heterocycles. The van der Waals surface area contributed by atoms with Crippen LogP contribution in [0.15, 0.2) is 33.5 Å². The average Bonchev–Trinajstić information content (AvgIpc) is 3.07. The molecule has 0 atom stereocenters. The second kappa shape index (κ2) is 8.09. The van der Waals surface area contributed by atoms with E-state index >= 15 is 0 Å². The minimum absolute atomic E-state index is 0.0420. The minimum atomic E-state index is -3.46. The molecule has 142 valence electrons. The number of benzene rings is 1. The summed E-state index contributed by atoms with van der Waals surface area (Å²) in [6, 6.07) is 6.49. The molecule has 0 radical (unpaired) electrons. The van der Waals surface area contributed by atoms with Crippen molar-refractivity contribution in [2.75, 3.05) is 19.5 Å². The molecular formula is C18H22O7S. The third-order valence-corrected chi connectivity index (χ3v) is 4.72. The van der Waals surface area contributed by atoms with Gasteiger partial charge in [-0.3, -0.25) is 4.18 Å². The van der Waals surface area contributed by atoms with Gasteiger partial charge in [0.05, 0.1) is 25.6 Å². The Balaban J connectivity index is 1.74. The molecule has 0 N–H and O–H groups in total. The third-order valence-electron chi connectivity index (χ3n) is 4.13. The van der Waals surface area contributed by atoms with Crippen molar-refractivity contribution in [1.29, 1.82) is 0 Å². The van der Waals surface area contributed by atoms with Crippen molar-refractivity contribution >= 4 is 21.1 Å². The maximum atomic E-state index is 11.4. The van der Waals surface area contributed by atoms with Crippen molar-refractivity contribution in [2.24, 2.45) is 0 Å². The van der Waals surface area contributed by atoms with Crippen LogP contribution in [0, 0.1) is 0 Å². The lowest BCUT2D eigenvalue weighted by molar-refractivity contribution is 0.191. The Bertz CT molecular complexity index is 911. The number of rotatable bonds is 8. The Morgan fingerprint density at radius 3 is 2.62 bits per heavy atom. The van der Waals surface area contributed by atoms with Gasteiger partial charge in [-0.2, -0.15) is 8.42 Å². The Kier molecular flexibility index (Phi) is 5.83. The van der Waals surface area contributed by atoms with Crippen LogP contribution in [0.5, 0.6) is 11.5 Å². The van der Waals surface area contributed by atoms with Gasteiger partial charge in [0, 0.05) is 23.9 Å². The first-order chi connectivity index (χ1) is 12.4. The van der Waals surface area contributed by atoms with Gasteiger partial charge in [0.1, 0.15) is 5.58 Å². The van der Waals surface area contributed by atoms with E-state index < -0.39 is 15.7 Å². The summed E-state index contributed by atoms with van der Waals surface area (Å²) in [6.45, 7) is 0.291. The maximum Gasteiger partial charge on any atom is 0.336 e. The van der Waals surface area contributed by atoms with Crippen LogP contribution in [0.2, 0.25) is 0 Å². The molecule has 3 rings (SSSR count). The predicted octanol–water partition coefficient (Wildman–Crippen LogP) is 2.86. The van der Waals surface area contributed by atoms with Crippen LogP contribution in [-0.4, -0.2) is 34.0 Å². The van der Waals surface area contributed by atoms with Gasteiger partial charge in [0.15, 0.2) is 11.5 Å². The van der Waals surface area contributed by atoms with Crippen molar-refractivity contribution < 1.29 is 26.5 Å². The van der Waals surface area contributed by atoms with Gasteiger partial charge in [-0.25, -0.2) is 4.79 Å². The van der Waals surface area contributed by atoms with E-state index in [1.807, 2.05) is 0 Å². The zero-order valence-corrected chi connectivity index (χ0v) is 15.4. The molecule has 0 spiro atoms. The van der Waals surface area contributed by atoms with Gasteiger partial charge >= 0.3 is 5.63 Å². The second-order valence-corrected chi connectivity index (χ2v) is 7.99. The van der Waals surface area contributed by atoms with Gasteiger partial charge in [-0.05, 0) is 37.8 Å². The summed E-state index contributed by atoms with van der Waals surface area (Å²) in [4.78, 5) is 11.4. The van der Waals surface area contributed by atoms with E-state index in [1.54, 1.807) is 18.2 Å². The normalized spacial score (nSPS) is 15.4. The lowest BCUT2D eigenvalue weighted by Gasteiger charge is -2.17.